The molecule has 2 aromatic carbocycles. The average molecular weight is 458 g/mol. The third kappa shape index (κ3) is 5.03. The Bertz CT molecular complexity index is 1140. The van der Waals surface area contributed by atoms with Crippen LogP contribution in [0.15, 0.2) is 70.2 Å². The number of halogens is 1. The number of sulfonamides is 1. The van der Waals surface area contributed by atoms with Crippen molar-refractivity contribution in [3.05, 3.63) is 83.6 Å². The fourth-order valence-corrected chi connectivity index (χ4v) is 5.46. The minimum atomic E-state index is -3.66. The van der Waals surface area contributed by atoms with Gasteiger partial charge >= 0.3 is 0 Å². The van der Waals surface area contributed by atoms with Gasteiger partial charge in [0.1, 0.15) is 11.6 Å². The lowest BCUT2D eigenvalue weighted by molar-refractivity contribution is 0.166. The Morgan fingerprint density at radius 2 is 1.75 bits per heavy atom. The van der Waals surface area contributed by atoms with Crippen molar-refractivity contribution in [3.63, 3.8) is 0 Å². The lowest BCUT2D eigenvalue weighted by atomic mass is 10.1. The van der Waals surface area contributed by atoms with Crippen LogP contribution in [-0.2, 0) is 10.0 Å². The van der Waals surface area contributed by atoms with Crippen LogP contribution in [0, 0.1) is 19.7 Å². The van der Waals surface area contributed by atoms with Gasteiger partial charge in [-0.05, 0) is 67.4 Å². The normalized spacial score (nSPS) is 16.3. The molecular formula is C24H28FN3O3S. The predicted octanol–water partition coefficient (Wildman–Crippen LogP) is 3.88. The Kier molecular flexibility index (Phi) is 6.64. The fraction of sp³-hybridized carbons (Fsp3) is 0.333. The van der Waals surface area contributed by atoms with Crippen LogP contribution in [0.4, 0.5) is 10.1 Å². The summed E-state index contributed by atoms with van der Waals surface area (Å²) >= 11 is 0. The van der Waals surface area contributed by atoms with Gasteiger partial charge in [-0.2, -0.15) is 0 Å². The van der Waals surface area contributed by atoms with Gasteiger partial charge in [-0.25, -0.2) is 17.5 Å². The smallest absolute Gasteiger partial charge is 0.240 e. The van der Waals surface area contributed by atoms with Gasteiger partial charge < -0.3 is 9.32 Å². The van der Waals surface area contributed by atoms with E-state index in [1.165, 1.54) is 12.1 Å². The van der Waals surface area contributed by atoms with E-state index >= 15 is 0 Å². The molecule has 1 N–H and O–H groups in total. The molecule has 4 rings (SSSR count). The van der Waals surface area contributed by atoms with E-state index in [-0.39, 0.29) is 18.4 Å². The molecule has 170 valence electrons. The molecule has 1 aliphatic heterocycles. The average Bonchev–Trinajstić information content (AvgIpc) is 3.31. The maximum absolute atomic E-state index is 13.2. The second-order valence-corrected chi connectivity index (χ2v) is 9.89. The second kappa shape index (κ2) is 9.44. The molecule has 2 heterocycles. The molecule has 32 heavy (non-hydrogen) atoms. The highest BCUT2D eigenvalue weighted by Gasteiger charge is 2.29. The number of benzene rings is 2. The van der Waals surface area contributed by atoms with E-state index in [1.807, 2.05) is 31.2 Å². The lowest BCUT2D eigenvalue weighted by Crippen LogP contribution is -2.49. The summed E-state index contributed by atoms with van der Waals surface area (Å²) in [5, 5.41) is 0. The van der Waals surface area contributed by atoms with Crippen LogP contribution in [0.5, 0.6) is 0 Å². The molecule has 1 aromatic heterocycles. The highest BCUT2D eigenvalue weighted by Crippen LogP contribution is 2.25. The molecule has 1 atom stereocenters. The van der Waals surface area contributed by atoms with Crippen LogP contribution in [0.25, 0.3) is 0 Å². The van der Waals surface area contributed by atoms with E-state index in [2.05, 4.69) is 14.5 Å². The minimum Gasteiger partial charge on any atom is -0.468 e. The molecule has 1 unspecified atom stereocenters. The highest BCUT2D eigenvalue weighted by molar-refractivity contribution is 7.89. The quantitative estimate of drug-likeness (QED) is 0.583. The Hall–Kier alpha value is -2.68. The monoisotopic (exact) mass is 457 g/mol. The van der Waals surface area contributed by atoms with Crippen molar-refractivity contribution in [1.82, 2.24) is 9.62 Å². The van der Waals surface area contributed by atoms with Crippen molar-refractivity contribution in [2.45, 2.75) is 24.8 Å². The summed E-state index contributed by atoms with van der Waals surface area (Å²) in [5.74, 6) is 0.477. The van der Waals surface area contributed by atoms with Gasteiger partial charge in [-0.3, -0.25) is 4.90 Å². The fourth-order valence-electron chi connectivity index (χ4n) is 4.10. The molecule has 0 amide bonds. The zero-order valence-electron chi connectivity index (χ0n) is 18.3. The second-order valence-electron chi connectivity index (χ2n) is 8.15. The summed E-state index contributed by atoms with van der Waals surface area (Å²) in [7, 11) is -3.66. The Morgan fingerprint density at radius 3 is 2.41 bits per heavy atom. The molecule has 0 radical (unpaired) electrons. The van der Waals surface area contributed by atoms with Crippen LogP contribution in [-0.4, -0.2) is 46.0 Å². The molecule has 6 nitrogen and oxygen atoms in total. The summed E-state index contributed by atoms with van der Waals surface area (Å²) in [5.41, 5.74) is 2.59. The Labute approximate surface area is 188 Å². The standard InChI is InChI=1S/C24H28FN3O3S/c1-18-5-6-19(2)24(16-18)32(29,30)26-17-22(23-4-3-15-31-23)28-13-11-27(12-14-28)21-9-7-20(25)8-10-21/h3-10,15-16,22,26H,11-14,17H2,1-2H3. The molecule has 0 spiro atoms. The first-order valence-electron chi connectivity index (χ1n) is 10.7. The number of furan rings is 1. The van der Waals surface area contributed by atoms with E-state index in [0.717, 1.165) is 43.2 Å². The van der Waals surface area contributed by atoms with Gasteiger partial charge in [0.05, 0.1) is 17.2 Å². The van der Waals surface area contributed by atoms with E-state index < -0.39 is 10.0 Å². The van der Waals surface area contributed by atoms with Gasteiger partial charge in [0.2, 0.25) is 10.0 Å². The van der Waals surface area contributed by atoms with Crippen molar-refractivity contribution in [1.29, 1.82) is 0 Å². The molecule has 0 saturated carbocycles. The van der Waals surface area contributed by atoms with Crippen LogP contribution in [0.2, 0.25) is 0 Å². The Morgan fingerprint density at radius 1 is 1.03 bits per heavy atom. The first kappa shape index (κ1) is 22.5. The number of anilines is 1. The van der Waals surface area contributed by atoms with Crippen LogP contribution in [0.1, 0.15) is 22.9 Å². The number of hydrogen-bond acceptors (Lipinski definition) is 5. The number of hydrogen-bond donors (Lipinski definition) is 1. The van der Waals surface area contributed by atoms with E-state index in [9.17, 15) is 12.8 Å². The summed E-state index contributed by atoms with van der Waals surface area (Å²) in [6.45, 7) is 6.86. The SMILES string of the molecule is Cc1ccc(C)c(S(=O)(=O)NCC(c2ccco2)N2CCN(c3ccc(F)cc3)CC2)c1. The minimum absolute atomic E-state index is 0.208. The van der Waals surface area contributed by atoms with Gasteiger partial charge in [0.15, 0.2) is 0 Å². The van der Waals surface area contributed by atoms with Crippen molar-refractivity contribution in [2.75, 3.05) is 37.6 Å². The maximum Gasteiger partial charge on any atom is 0.240 e. The van der Waals surface area contributed by atoms with Crippen LogP contribution >= 0.6 is 0 Å². The number of nitrogens with one attached hydrogen (secondary N) is 1. The number of nitrogens with zero attached hydrogens (tertiary/aromatic N) is 2. The Balaban J connectivity index is 1.47. The first-order chi connectivity index (χ1) is 15.3. The van der Waals surface area contributed by atoms with Gasteiger partial charge in [0.25, 0.3) is 0 Å². The lowest BCUT2D eigenvalue weighted by Gasteiger charge is -2.39. The van der Waals surface area contributed by atoms with Crippen molar-refractivity contribution in [2.24, 2.45) is 0 Å². The van der Waals surface area contributed by atoms with Crippen molar-refractivity contribution >= 4 is 15.7 Å². The zero-order valence-corrected chi connectivity index (χ0v) is 19.1. The van der Waals surface area contributed by atoms with E-state index in [4.69, 9.17) is 4.42 Å². The molecular weight excluding hydrogens is 429 g/mol. The third-order valence-corrected chi connectivity index (χ3v) is 7.48. The van der Waals surface area contributed by atoms with E-state index in [1.54, 1.807) is 31.4 Å². The van der Waals surface area contributed by atoms with E-state index in [0.29, 0.717) is 10.5 Å². The van der Waals surface area contributed by atoms with Crippen molar-refractivity contribution in [3.8, 4) is 0 Å². The van der Waals surface area contributed by atoms with Gasteiger partial charge in [-0.15, -0.1) is 0 Å². The molecule has 3 aromatic rings. The summed E-state index contributed by atoms with van der Waals surface area (Å²) < 4.78 is 47.7. The van der Waals surface area contributed by atoms with Gasteiger partial charge in [0, 0.05) is 38.4 Å². The number of rotatable bonds is 7. The molecule has 0 bridgehead atoms. The predicted molar refractivity (Wildman–Crippen MR) is 123 cm³/mol. The zero-order chi connectivity index (χ0) is 22.7. The van der Waals surface area contributed by atoms with Crippen LogP contribution < -0.4 is 9.62 Å². The molecule has 0 aliphatic carbocycles. The van der Waals surface area contributed by atoms with Crippen molar-refractivity contribution < 1.29 is 17.2 Å². The first-order valence-corrected chi connectivity index (χ1v) is 12.2. The largest absolute Gasteiger partial charge is 0.468 e. The number of aryl methyl sites for hydroxylation is 2. The third-order valence-electron chi connectivity index (χ3n) is 5.92. The molecule has 1 fully saturated rings. The summed E-state index contributed by atoms with van der Waals surface area (Å²) in [6.07, 6.45) is 1.61. The highest BCUT2D eigenvalue weighted by atomic mass is 32.2. The van der Waals surface area contributed by atoms with Crippen LogP contribution in [0.3, 0.4) is 0 Å². The molecule has 1 aliphatic rings. The van der Waals surface area contributed by atoms with Gasteiger partial charge in [-0.1, -0.05) is 12.1 Å². The number of piperazine rings is 1. The summed E-state index contributed by atoms with van der Waals surface area (Å²) in [6, 6.07) is 15.4. The topological polar surface area (TPSA) is 65.8 Å². The molecule has 1 saturated heterocycles. The summed E-state index contributed by atoms with van der Waals surface area (Å²) in [4.78, 5) is 4.73. The maximum atomic E-state index is 13.2. The molecule has 8 heteroatoms.